The molecule has 0 spiro atoms. The van der Waals surface area contributed by atoms with E-state index in [0.717, 1.165) is 18.6 Å². The topological polar surface area (TPSA) is 47.3 Å². The van der Waals surface area contributed by atoms with E-state index in [9.17, 15) is 0 Å². The van der Waals surface area contributed by atoms with E-state index in [4.69, 9.17) is 10.6 Å². The summed E-state index contributed by atoms with van der Waals surface area (Å²) in [6.45, 7) is 0. The van der Waals surface area contributed by atoms with Crippen LogP contribution in [0.5, 0.6) is 5.75 Å². The summed E-state index contributed by atoms with van der Waals surface area (Å²) in [5.41, 5.74) is 5.68. The first-order chi connectivity index (χ1) is 10.3. The Balaban J connectivity index is 1.72. The molecule has 0 amide bonds. The number of nitrogens with one attached hydrogen (secondary N) is 1. The van der Waals surface area contributed by atoms with E-state index in [1.54, 1.807) is 7.11 Å². The fraction of sp³-hybridized carbons (Fsp3) is 0.294. The van der Waals surface area contributed by atoms with Crippen molar-refractivity contribution in [3.63, 3.8) is 0 Å². The monoisotopic (exact) mass is 300 g/mol. The van der Waals surface area contributed by atoms with Gasteiger partial charge in [-0.3, -0.25) is 11.3 Å². The average Bonchev–Trinajstić information content (AvgIpc) is 2.96. The van der Waals surface area contributed by atoms with Gasteiger partial charge in [0, 0.05) is 16.2 Å². The van der Waals surface area contributed by atoms with Gasteiger partial charge >= 0.3 is 0 Å². The number of methoxy groups -OCH3 is 1. The fourth-order valence-electron chi connectivity index (χ4n) is 2.78. The van der Waals surface area contributed by atoms with E-state index in [0.29, 0.717) is 5.25 Å². The summed E-state index contributed by atoms with van der Waals surface area (Å²) in [7, 11) is 1.70. The van der Waals surface area contributed by atoms with E-state index < -0.39 is 0 Å². The molecule has 2 unspecified atom stereocenters. The number of benzene rings is 2. The SMILES string of the molecule is COc1cccc(CC(NN)C2Cc3ccccc3S2)c1. The molecular weight excluding hydrogens is 280 g/mol. The van der Waals surface area contributed by atoms with Crippen LogP contribution in [0.1, 0.15) is 11.1 Å². The minimum atomic E-state index is 0.245. The maximum Gasteiger partial charge on any atom is 0.119 e. The number of ether oxygens (including phenoxy) is 1. The van der Waals surface area contributed by atoms with Gasteiger partial charge in [0.1, 0.15) is 5.75 Å². The number of hydrazine groups is 1. The molecule has 0 aromatic heterocycles. The standard InChI is InChI=1S/C17H20N2OS/c1-20-14-7-4-5-12(9-14)10-15(19-18)17-11-13-6-2-3-8-16(13)21-17/h2-9,15,17,19H,10-11,18H2,1H3. The molecule has 0 fully saturated rings. The molecule has 1 aliphatic heterocycles. The molecule has 0 saturated carbocycles. The van der Waals surface area contributed by atoms with Gasteiger partial charge in [-0.2, -0.15) is 0 Å². The van der Waals surface area contributed by atoms with Crippen molar-refractivity contribution >= 4 is 11.8 Å². The summed E-state index contributed by atoms with van der Waals surface area (Å²) in [5, 5.41) is 0.471. The zero-order chi connectivity index (χ0) is 14.7. The highest BCUT2D eigenvalue weighted by atomic mass is 32.2. The maximum absolute atomic E-state index is 5.81. The highest BCUT2D eigenvalue weighted by Crippen LogP contribution is 2.38. The van der Waals surface area contributed by atoms with Gasteiger partial charge in [0.15, 0.2) is 0 Å². The van der Waals surface area contributed by atoms with Crippen molar-refractivity contribution in [2.75, 3.05) is 7.11 Å². The number of nitrogens with two attached hydrogens (primary N) is 1. The number of thioether (sulfide) groups is 1. The summed E-state index contributed by atoms with van der Waals surface area (Å²) < 4.78 is 5.29. The molecule has 3 rings (SSSR count). The second-order valence-electron chi connectivity index (χ2n) is 5.30. The minimum absolute atomic E-state index is 0.245. The van der Waals surface area contributed by atoms with Gasteiger partial charge in [-0.05, 0) is 42.2 Å². The lowest BCUT2D eigenvalue weighted by atomic mass is 9.99. The Bertz CT molecular complexity index is 592. The first-order valence-corrected chi connectivity index (χ1v) is 8.01. The normalized spacial score (nSPS) is 18.3. The average molecular weight is 300 g/mol. The van der Waals surface area contributed by atoms with Crippen LogP contribution in [0, 0.1) is 0 Å². The molecule has 1 heterocycles. The van der Waals surface area contributed by atoms with Crippen LogP contribution in [-0.2, 0) is 12.8 Å². The molecule has 3 N–H and O–H groups in total. The van der Waals surface area contributed by atoms with Crippen molar-refractivity contribution in [1.29, 1.82) is 0 Å². The minimum Gasteiger partial charge on any atom is -0.497 e. The van der Waals surface area contributed by atoms with Gasteiger partial charge in [0.05, 0.1) is 7.11 Å². The second-order valence-corrected chi connectivity index (χ2v) is 6.58. The fourth-order valence-corrected chi connectivity index (χ4v) is 4.17. The number of hydrogen-bond donors (Lipinski definition) is 2. The third-order valence-corrected chi connectivity index (χ3v) is 5.37. The van der Waals surface area contributed by atoms with E-state index in [1.165, 1.54) is 16.0 Å². The molecule has 4 heteroatoms. The Labute approximate surface area is 129 Å². The molecule has 2 atom stereocenters. The van der Waals surface area contributed by atoms with Crippen LogP contribution in [-0.4, -0.2) is 18.4 Å². The molecule has 2 aromatic rings. The van der Waals surface area contributed by atoms with Gasteiger partial charge in [0.2, 0.25) is 0 Å². The maximum atomic E-state index is 5.81. The number of fused-ring (bicyclic) bond motifs is 1. The Hall–Kier alpha value is -1.49. The lowest BCUT2D eigenvalue weighted by molar-refractivity contribution is 0.413. The van der Waals surface area contributed by atoms with Gasteiger partial charge in [-0.15, -0.1) is 11.8 Å². The van der Waals surface area contributed by atoms with Crippen LogP contribution in [0.4, 0.5) is 0 Å². The molecule has 21 heavy (non-hydrogen) atoms. The van der Waals surface area contributed by atoms with Gasteiger partial charge in [-0.25, -0.2) is 0 Å². The van der Waals surface area contributed by atoms with Crippen molar-refractivity contribution in [2.24, 2.45) is 5.84 Å². The van der Waals surface area contributed by atoms with Crippen LogP contribution < -0.4 is 16.0 Å². The zero-order valence-electron chi connectivity index (χ0n) is 12.1. The van der Waals surface area contributed by atoms with Crippen molar-refractivity contribution in [1.82, 2.24) is 5.43 Å². The third kappa shape index (κ3) is 3.23. The largest absolute Gasteiger partial charge is 0.497 e. The lowest BCUT2D eigenvalue weighted by Gasteiger charge is -2.22. The number of hydrogen-bond acceptors (Lipinski definition) is 4. The van der Waals surface area contributed by atoms with Crippen LogP contribution in [0.25, 0.3) is 0 Å². The zero-order valence-corrected chi connectivity index (χ0v) is 12.9. The van der Waals surface area contributed by atoms with E-state index in [1.807, 2.05) is 23.9 Å². The first kappa shape index (κ1) is 14.4. The smallest absolute Gasteiger partial charge is 0.119 e. The number of rotatable bonds is 5. The molecule has 0 aliphatic carbocycles. The second kappa shape index (κ2) is 6.52. The van der Waals surface area contributed by atoms with Gasteiger partial charge in [-0.1, -0.05) is 30.3 Å². The van der Waals surface area contributed by atoms with E-state index in [2.05, 4.69) is 41.8 Å². The van der Waals surface area contributed by atoms with Crippen molar-refractivity contribution in [3.05, 3.63) is 59.7 Å². The quantitative estimate of drug-likeness (QED) is 0.658. The summed E-state index contributed by atoms with van der Waals surface area (Å²) in [6.07, 6.45) is 1.97. The highest BCUT2D eigenvalue weighted by molar-refractivity contribution is 8.00. The summed E-state index contributed by atoms with van der Waals surface area (Å²) >= 11 is 1.92. The Kier molecular flexibility index (Phi) is 4.48. The highest BCUT2D eigenvalue weighted by Gasteiger charge is 2.28. The molecule has 0 bridgehead atoms. The Morgan fingerprint density at radius 3 is 2.90 bits per heavy atom. The Morgan fingerprint density at radius 2 is 2.14 bits per heavy atom. The predicted octanol–water partition coefficient (Wildman–Crippen LogP) is 2.79. The molecule has 110 valence electrons. The van der Waals surface area contributed by atoms with Crippen LogP contribution in [0.15, 0.2) is 53.4 Å². The molecular formula is C17H20N2OS. The van der Waals surface area contributed by atoms with Crippen LogP contribution in [0.2, 0.25) is 0 Å². The van der Waals surface area contributed by atoms with Gasteiger partial charge < -0.3 is 4.74 Å². The van der Waals surface area contributed by atoms with Crippen LogP contribution in [0.3, 0.4) is 0 Å². The van der Waals surface area contributed by atoms with E-state index in [-0.39, 0.29) is 6.04 Å². The molecule has 2 aromatic carbocycles. The molecule has 0 saturated heterocycles. The van der Waals surface area contributed by atoms with E-state index >= 15 is 0 Å². The third-order valence-electron chi connectivity index (χ3n) is 3.92. The predicted molar refractivity (Wildman–Crippen MR) is 87.6 cm³/mol. The van der Waals surface area contributed by atoms with Crippen LogP contribution >= 0.6 is 11.8 Å². The molecule has 0 radical (unpaired) electrons. The summed E-state index contributed by atoms with van der Waals surface area (Å²) in [6, 6.07) is 17.1. The van der Waals surface area contributed by atoms with Crippen molar-refractivity contribution in [3.8, 4) is 5.75 Å². The molecule has 1 aliphatic rings. The summed E-state index contributed by atoms with van der Waals surface area (Å²) in [4.78, 5) is 1.38. The molecule has 3 nitrogen and oxygen atoms in total. The Morgan fingerprint density at radius 1 is 1.29 bits per heavy atom. The van der Waals surface area contributed by atoms with Crippen molar-refractivity contribution in [2.45, 2.75) is 29.0 Å². The summed E-state index contributed by atoms with van der Waals surface area (Å²) in [5.74, 6) is 6.71. The van der Waals surface area contributed by atoms with Crippen molar-refractivity contribution < 1.29 is 4.74 Å². The lowest BCUT2D eigenvalue weighted by Crippen LogP contribution is -2.44. The van der Waals surface area contributed by atoms with Gasteiger partial charge in [0.25, 0.3) is 0 Å². The first-order valence-electron chi connectivity index (χ1n) is 7.14.